The van der Waals surface area contributed by atoms with Gasteiger partial charge in [-0.05, 0) is 61.3 Å². The molecule has 0 radical (unpaired) electrons. The van der Waals surface area contributed by atoms with E-state index in [-0.39, 0.29) is 30.0 Å². The van der Waals surface area contributed by atoms with Crippen molar-refractivity contribution in [1.29, 1.82) is 0 Å². The SMILES string of the molecule is COc1ccc(C(CNC(N)=NCc2ccc(OC)c(OC)c2)N2CCCC2)cc1.I. The highest BCUT2D eigenvalue weighted by atomic mass is 127. The number of aliphatic imine (C=N–C) groups is 1. The summed E-state index contributed by atoms with van der Waals surface area (Å²) >= 11 is 0. The van der Waals surface area contributed by atoms with E-state index < -0.39 is 0 Å². The number of rotatable bonds is 9. The quantitative estimate of drug-likeness (QED) is 0.288. The Balaban J connectivity index is 0.00000341. The number of hydrogen-bond acceptors (Lipinski definition) is 5. The van der Waals surface area contributed by atoms with E-state index in [1.165, 1.54) is 18.4 Å². The monoisotopic (exact) mass is 540 g/mol. The number of guanidine groups is 1. The lowest BCUT2D eigenvalue weighted by atomic mass is 10.1. The van der Waals surface area contributed by atoms with Gasteiger partial charge in [0.05, 0.1) is 33.9 Å². The molecule has 0 aromatic heterocycles. The topological polar surface area (TPSA) is 81.3 Å². The van der Waals surface area contributed by atoms with E-state index in [1.807, 2.05) is 30.3 Å². The average molecular weight is 540 g/mol. The number of benzene rings is 2. The molecule has 3 N–H and O–H groups in total. The highest BCUT2D eigenvalue weighted by Crippen LogP contribution is 2.28. The van der Waals surface area contributed by atoms with Crippen molar-refractivity contribution in [2.75, 3.05) is 41.0 Å². The summed E-state index contributed by atoms with van der Waals surface area (Å²) in [6.07, 6.45) is 2.46. The number of methoxy groups -OCH3 is 3. The predicted octanol–water partition coefficient (Wildman–Crippen LogP) is 3.57. The van der Waals surface area contributed by atoms with E-state index in [1.54, 1.807) is 21.3 Å². The molecule has 0 spiro atoms. The van der Waals surface area contributed by atoms with E-state index in [4.69, 9.17) is 19.9 Å². The van der Waals surface area contributed by atoms with Gasteiger partial charge in [-0.25, -0.2) is 4.99 Å². The zero-order valence-electron chi connectivity index (χ0n) is 18.5. The Bertz CT molecular complexity index is 839. The van der Waals surface area contributed by atoms with Crippen molar-refractivity contribution in [2.24, 2.45) is 10.7 Å². The van der Waals surface area contributed by atoms with Crippen molar-refractivity contribution in [3.8, 4) is 17.2 Å². The van der Waals surface area contributed by atoms with Crippen LogP contribution >= 0.6 is 24.0 Å². The van der Waals surface area contributed by atoms with Crippen molar-refractivity contribution in [1.82, 2.24) is 10.2 Å². The molecule has 3 rings (SSSR count). The zero-order valence-corrected chi connectivity index (χ0v) is 20.8. The third-order valence-corrected chi connectivity index (χ3v) is 5.44. The van der Waals surface area contributed by atoms with Crippen molar-refractivity contribution >= 4 is 29.9 Å². The summed E-state index contributed by atoms with van der Waals surface area (Å²) < 4.78 is 15.9. The maximum atomic E-state index is 6.16. The van der Waals surface area contributed by atoms with Gasteiger partial charge >= 0.3 is 0 Å². The first-order valence-electron chi connectivity index (χ1n) is 10.3. The second kappa shape index (κ2) is 12.6. The van der Waals surface area contributed by atoms with Gasteiger partial charge in [0, 0.05) is 6.54 Å². The van der Waals surface area contributed by atoms with Gasteiger partial charge in [0.15, 0.2) is 17.5 Å². The van der Waals surface area contributed by atoms with Crippen LogP contribution < -0.4 is 25.3 Å². The lowest BCUT2D eigenvalue weighted by Crippen LogP contribution is -2.40. The van der Waals surface area contributed by atoms with Crippen LogP contribution in [0.3, 0.4) is 0 Å². The molecule has 31 heavy (non-hydrogen) atoms. The molecule has 1 aliphatic rings. The van der Waals surface area contributed by atoms with Gasteiger partial charge in [-0.2, -0.15) is 0 Å². The van der Waals surface area contributed by atoms with Crippen LogP contribution in [0.2, 0.25) is 0 Å². The van der Waals surface area contributed by atoms with E-state index in [0.717, 1.165) is 24.4 Å². The van der Waals surface area contributed by atoms with Gasteiger partial charge in [-0.3, -0.25) is 4.90 Å². The molecule has 0 bridgehead atoms. The highest BCUT2D eigenvalue weighted by Gasteiger charge is 2.23. The van der Waals surface area contributed by atoms with Crippen molar-refractivity contribution < 1.29 is 14.2 Å². The zero-order chi connectivity index (χ0) is 21.3. The lowest BCUT2D eigenvalue weighted by molar-refractivity contribution is 0.245. The Morgan fingerprint density at radius 3 is 2.29 bits per heavy atom. The molecular weight excluding hydrogens is 507 g/mol. The van der Waals surface area contributed by atoms with Gasteiger partial charge in [0.25, 0.3) is 0 Å². The summed E-state index contributed by atoms with van der Waals surface area (Å²) in [6.45, 7) is 3.37. The van der Waals surface area contributed by atoms with Crippen molar-refractivity contribution in [2.45, 2.75) is 25.4 Å². The molecule has 1 saturated heterocycles. The molecular formula is C23H33IN4O3. The van der Waals surface area contributed by atoms with Crippen molar-refractivity contribution in [3.05, 3.63) is 53.6 Å². The van der Waals surface area contributed by atoms with Gasteiger partial charge in [-0.15, -0.1) is 24.0 Å². The Labute approximate surface area is 202 Å². The van der Waals surface area contributed by atoms with E-state index >= 15 is 0 Å². The first kappa shape index (κ1) is 25.1. The highest BCUT2D eigenvalue weighted by molar-refractivity contribution is 14.0. The fourth-order valence-corrected chi connectivity index (χ4v) is 3.75. The molecule has 1 atom stereocenters. The van der Waals surface area contributed by atoms with Gasteiger partial charge in [-0.1, -0.05) is 18.2 Å². The van der Waals surface area contributed by atoms with Crippen molar-refractivity contribution in [3.63, 3.8) is 0 Å². The molecule has 8 heteroatoms. The van der Waals surface area contributed by atoms with Gasteiger partial charge in [0.1, 0.15) is 5.75 Å². The molecule has 2 aromatic carbocycles. The number of likely N-dealkylation sites (tertiary alicyclic amines) is 1. The number of nitrogens with one attached hydrogen (secondary N) is 1. The summed E-state index contributed by atoms with van der Waals surface area (Å²) in [4.78, 5) is 6.99. The van der Waals surface area contributed by atoms with Crippen LogP contribution in [0, 0.1) is 0 Å². The minimum atomic E-state index is 0. The average Bonchev–Trinajstić information content (AvgIpc) is 3.32. The third kappa shape index (κ3) is 6.90. The fourth-order valence-electron chi connectivity index (χ4n) is 3.75. The minimum absolute atomic E-state index is 0. The van der Waals surface area contributed by atoms with Crippen LogP contribution in [-0.4, -0.2) is 51.8 Å². The van der Waals surface area contributed by atoms with Crippen LogP contribution in [0.25, 0.3) is 0 Å². The summed E-state index contributed by atoms with van der Waals surface area (Å²) in [5, 5.41) is 3.31. The van der Waals surface area contributed by atoms with Crippen LogP contribution in [0.1, 0.15) is 30.0 Å². The number of nitrogens with two attached hydrogens (primary N) is 1. The lowest BCUT2D eigenvalue weighted by Gasteiger charge is -2.28. The molecule has 1 unspecified atom stereocenters. The van der Waals surface area contributed by atoms with Crippen LogP contribution in [0.4, 0.5) is 0 Å². The van der Waals surface area contributed by atoms with Crippen LogP contribution in [-0.2, 0) is 6.54 Å². The normalized spacial score (nSPS) is 15.1. The molecule has 0 amide bonds. The molecule has 1 heterocycles. The first-order valence-corrected chi connectivity index (χ1v) is 10.3. The van der Waals surface area contributed by atoms with Gasteiger partial charge < -0.3 is 25.3 Å². The molecule has 7 nitrogen and oxygen atoms in total. The molecule has 1 fully saturated rings. The summed E-state index contributed by atoms with van der Waals surface area (Å²) in [6, 6.07) is 14.3. The Morgan fingerprint density at radius 1 is 1.00 bits per heavy atom. The second-order valence-electron chi connectivity index (χ2n) is 7.30. The standard InChI is InChI=1S/C23H32N4O3.HI/c1-28-19-9-7-18(8-10-19)20(27-12-4-5-13-27)16-26-23(24)25-15-17-6-11-21(29-2)22(14-17)30-3;/h6-11,14,20H,4-5,12-13,15-16H2,1-3H3,(H3,24,25,26);1H. The summed E-state index contributed by atoms with van der Waals surface area (Å²) in [5.41, 5.74) is 8.41. The minimum Gasteiger partial charge on any atom is -0.497 e. The molecule has 1 aliphatic heterocycles. The first-order chi connectivity index (χ1) is 14.6. The second-order valence-corrected chi connectivity index (χ2v) is 7.30. The smallest absolute Gasteiger partial charge is 0.188 e. The number of halogens is 1. The fraction of sp³-hybridized carbons (Fsp3) is 0.435. The largest absolute Gasteiger partial charge is 0.497 e. The maximum absolute atomic E-state index is 6.16. The van der Waals surface area contributed by atoms with E-state index in [0.29, 0.717) is 30.5 Å². The Kier molecular flexibility index (Phi) is 10.2. The van der Waals surface area contributed by atoms with E-state index in [9.17, 15) is 0 Å². The number of nitrogens with zero attached hydrogens (tertiary/aromatic N) is 2. The molecule has 170 valence electrons. The number of hydrogen-bond donors (Lipinski definition) is 2. The molecule has 0 saturated carbocycles. The van der Waals surface area contributed by atoms with Gasteiger partial charge in [0.2, 0.25) is 0 Å². The molecule has 0 aliphatic carbocycles. The summed E-state index contributed by atoms with van der Waals surface area (Å²) in [5.74, 6) is 2.68. The third-order valence-electron chi connectivity index (χ3n) is 5.44. The van der Waals surface area contributed by atoms with Crippen LogP contribution in [0.5, 0.6) is 17.2 Å². The maximum Gasteiger partial charge on any atom is 0.188 e. The van der Waals surface area contributed by atoms with E-state index in [2.05, 4.69) is 27.3 Å². The number of ether oxygens (including phenoxy) is 3. The Hall–Kier alpha value is -2.20. The Morgan fingerprint density at radius 2 is 1.68 bits per heavy atom. The predicted molar refractivity (Wildman–Crippen MR) is 135 cm³/mol. The summed E-state index contributed by atoms with van der Waals surface area (Å²) in [7, 11) is 4.93. The molecule has 2 aromatic rings. The van der Waals surface area contributed by atoms with Crippen LogP contribution in [0.15, 0.2) is 47.5 Å².